The lowest BCUT2D eigenvalue weighted by atomic mass is 9.62. The molecule has 0 saturated carbocycles. The molecule has 0 heterocycles. The molecule has 0 radical (unpaired) electrons. The van der Waals surface area contributed by atoms with Crippen molar-refractivity contribution in [1.82, 2.24) is 0 Å². The van der Waals surface area contributed by atoms with Crippen molar-refractivity contribution in [3.05, 3.63) is 46.0 Å². The molecule has 0 saturated heterocycles. The Kier molecular flexibility index (Phi) is 4.97. The summed E-state index contributed by atoms with van der Waals surface area (Å²) in [6, 6.07) is 5.00. The minimum atomic E-state index is 0.258. The van der Waals surface area contributed by atoms with Crippen LogP contribution in [0.5, 0.6) is 0 Å². The summed E-state index contributed by atoms with van der Waals surface area (Å²) in [6.07, 6.45) is 8.00. The molecule has 1 nitrogen and oxygen atoms in total. The van der Waals surface area contributed by atoms with Gasteiger partial charge in [0.15, 0.2) is 5.78 Å². The van der Waals surface area contributed by atoms with E-state index in [0.717, 1.165) is 24.8 Å². The van der Waals surface area contributed by atoms with E-state index in [1.54, 1.807) is 18.1 Å². The number of hydrogen-bond donors (Lipinski definition) is 0. The van der Waals surface area contributed by atoms with Crippen LogP contribution in [0.25, 0.3) is 0 Å². The minimum Gasteiger partial charge on any atom is -0.295 e. The highest BCUT2D eigenvalue weighted by atomic mass is 16.1. The van der Waals surface area contributed by atoms with Crippen molar-refractivity contribution in [2.24, 2.45) is 11.8 Å². The van der Waals surface area contributed by atoms with E-state index in [0.29, 0.717) is 11.8 Å². The van der Waals surface area contributed by atoms with Gasteiger partial charge < -0.3 is 0 Å². The number of carbonyl (C=O) groups excluding carboxylic acids is 1. The third-order valence-corrected chi connectivity index (χ3v) is 7.20. The second-order valence-corrected chi connectivity index (χ2v) is 10.2. The molecule has 2 unspecified atom stereocenters. The van der Waals surface area contributed by atoms with Crippen molar-refractivity contribution in [2.75, 3.05) is 0 Å². The number of Topliss-reactive ketones (excluding diaryl/α,β-unsaturated/α-hetero) is 1. The maximum Gasteiger partial charge on any atom is 0.155 e. The molecule has 0 spiro atoms. The number of carbonyl (C=O) groups is 1. The van der Waals surface area contributed by atoms with Crippen LogP contribution in [0.2, 0.25) is 0 Å². The maximum atomic E-state index is 11.7. The Morgan fingerprint density at radius 3 is 2.23 bits per heavy atom. The summed E-state index contributed by atoms with van der Waals surface area (Å²) in [6.45, 7) is 16.0. The van der Waals surface area contributed by atoms with Gasteiger partial charge in [0.2, 0.25) is 0 Å². The highest BCUT2D eigenvalue weighted by Gasteiger charge is 2.37. The summed E-state index contributed by atoms with van der Waals surface area (Å²) in [5.41, 5.74) is 7.67. The zero-order valence-electron chi connectivity index (χ0n) is 17.8. The number of ketones is 1. The van der Waals surface area contributed by atoms with Crippen molar-refractivity contribution in [1.29, 1.82) is 0 Å². The van der Waals surface area contributed by atoms with Crippen LogP contribution in [0.3, 0.4) is 0 Å². The summed E-state index contributed by atoms with van der Waals surface area (Å²) >= 11 is 0. The van der Waals surface area contributed by atoms with E-state index < -0.39 is 0 Å². The first-order chi connectivity index (χ1) is 12.0. The summed E-state index contributed by atoms with van der Waals surface area (Å²) in [4.78, 5) is 11.7. The first-order valence-corrected chi connectivity index (χ1v) is 10.4. The highest BCUT2D eigenvalue weighted by Crippen LogP contribution is 2.47. The fourth-order valence-electron chi connectivity index (χ4n) is 4.97. The van der Waals surface area contributed by atoms with Crippen molar-refractivity contribution in [3.8, 4) is 0 Å². The quantitative estimate of drug-likeness (QED) is 0.608. The van der Waals surface area contributed by atoms with Gasteiger partial charge in [-0.25, -0.2) is 0 Å². The molecule has 3 rings (SSSR count). The van der Waals surface area contributed by atoms with Gasteiger partial charge in [-0.3, -0.25) is 4.79 Å². The van der Waals surface area contributed by atoms with Crippen LogP contribution in [0.4, 0.5) is 0 Å². The number of rotatable bonds is 4. The van der Waals surface area contributed by atoms with Gasteiger partial charge in [0.05, 0.1) is 0 Å². The molecule has 0 amide bonds. The van der Waals surface area contributed by atoms with Gasteiger partial charge in [0.1, 0.15) is 0 Å². The lowest BCUT2D eigenvalue weighted by Crippen LogP contribution is -2.34. The topological polar surface area (TPSA) is 17.1 Å². The van der Waals surface area contributed by atoms with Crippen LogP contribution in [-0.2, 0) is 22.0 Å². The monoisotopic (exact) mass is 352 g/mol. The van der Waals surface area contributed by atoms with E-state index in [1.807, 2.05) is 0 Å². The highest BCUT2D eigenvalue weighted by molar-refractivity contribution is 5.93. The average molecular weight is 353 g/mol. The SMILES string of the molecule is CC(=O)C1=CC(C(C)Cc2cc3c(cc2C)C(C)(C)CCC3(C)C)CC1. The van der Waals surface area contributed by atoms with Crippen molar-refractivity contribution in [3.63, 3.8) is 0 Å². The van der Waals surface area contributed by atoms with Crippen LogP contribution in [0, 0.1) is 18.8 Å². The second kappa shape index (κ2) is 6.66. The van der Waals surface area contributed by atoms with E-state index in [2.05, 4.69) is 59.8 Å². The minimum absolute atomic E-state index is 0.258. The van der Waals surface area contributed by atoms with Crippen LogP contribution in [0.1, 0.15) is 89.5 Å². The third-order valence-electron chi connectivity index (χ3n) is 7.20. The first-order valence-electron chi connectivity index (χ1n) is 10.4. The second-order valence-electron chi connectivity index (χ2n) is 10.2. The lowest BCUT2D eigenvalue weighted by Gasteiger charge is -2.42. The van der Waals surface area contributed by atoms with Gasteiger partial charge in [0, 0.05) is 0 Å². The Bertz CT molecular complexity index is 748. The van der Waals surface area contributed by atoms with Crippen LogP contribution >= 0.6 is 0 Å². The largest absolute Gasteiger partial charge is 0.295 e. The molecular formula is C25H36O. The Morgan fingerprint density at radius 2 is 1.69 bits per heavy atom. The first kappa shape index (κ1) is 19.4. The molecule has 0 aliphatic heterocycles. The van der Waals surface area contributed by atoms with E-state index in [-0.39, 0.29) is 16.6 Å². The van der Waals surface area contributed by atoms with Crippen molar-refractivity contribution in [2.45, 2.75) is 91.4 Å². The number of allylic oxidation sites excluding steroid dienone is 2. The van der Waals surface area contributed by atoms with Gasteiger partial charge in [0.25, 0.3) is 0 Å². The predicted molar refractivity (Wildman–Crippen MR) is 111 cm³/mol. The Hall–Kier alpha value is -1.37. The zero-order valence-corrected chi connectivity index (χ0v) is 17.8. The van der Waals surface area contributed by atoms with Crippen molar-refractivity contribution < 1.29 is 4.79 Å². The fraction of sp³-hybridized carbons (Fsp3) is 0.640. The Balaban J connectivity index is 1.89. The molecule has 2 aliphatic carbocycles. The number of benzene rings is 1. The van der Waals surface area contributed by atoms with E-state index in [9.17, 15) is 4.79 Å². The van der Waals surface area contributed by atoms with E-state index in [1.165, 1.54) is 24.0 Å². The number of fused-ring (bicyclic) bond motifs is 1. The predicted octanol–water partition coefficient (Wildman–Crippen LogP) is 6.45. The maximum absolute atomic E-state index is 11.7. The van der Waals surface area contributed by atoms with Crippen molar-refractivity contribution >= 4 is 5.78 Å². The standard InChI is InChI=1S/C25H36O/c1-16(19-8-9-20(14-19)18(3)26)12-21-15-23-22(13-17(21)2)24(4,5)10-11-25(23,6)7/h13-16,19H,8-12H2,1-7H3. The van der Waals surface area contributed by atoms with E-state index in [4.69, 9.17) is 0 Å². The fourth-order valence-corrected chi connectivity index (χ4v) is 4.97. The molecule has 2 atom stereocenters. The average Bonchev–Trinajstić information content (AvgIpc) is 3.04. The molecule has 0 N–H and O–H groups in total. The zero-order chi connectivity index (χ0) is 19.3. The summed E-state index contributed by atoms with van der Waals surface area (Å²) in [5.74, 6) is 1.39. The molecule has 2 aliphatic rings. The summed E-state index contributed by atoms with van der Waals surface area (Å²) in [7, 11) is 0. The van der Waals surface area contributed by atoms with Gasteiger partial charge in [-0.15, -0.1) is 0 Å². The van der Waals surface area contributed by atoms with Crippen LogP contribution in [-0.4, -0.2) is 5.78 Å². The molecule has 0 fully saturated rings. The normalized spacial score (nSPS) is 24.7. The van der Waals surface area contributed by atoms with E-state index >= 15 is 0 Å². The smallest absolute Gasteiger partial charge is 0.155 e. The van der Waals surface area contributed by atoms with Crippen LogP contribution < -0.4 is 0 Å². The molecule has 1 heteroatoms. The Morgan fingerprint density at radius 1 is 1.12 bits per heavy atom. The van der Waals surface area contributed by atoms with Gasteiger partial charge in [-0.05, 0) is 96.4 Å². The number of hydrogen-bond acceptors (Lipinski definition) is 1. The molecule has 26 heavy (non-hydrogen) atoms. The van der Waals surface area contributed by atoms with Gasteiger partial charge >= 0.3 is 0 Å². The summed E-state index contributed by atoms with van der Waals surface area (Å²) < 4.78 is 0. The molecule has 0 aromatic heterocycles. The third kappa shape index (κ3) is 3.55. The molecule has 1 aromatic rings. The Labute approximate surface area is 160 Å². The van der Waals surface area contributed by atoms with Crippen LogP contribution in [0.15, 0.2) is 23.8 Å². The number of aryl methyl sites for hydroxylation is 1. The lowest BCUT2D eigenvalue weighted by molar-refractivity contribution is -0.113. The van der Waals surface area contributed by atoms with Gasteiger partial charge in [-0.1, -0.05) is 52.8 Å². The molecular weight excluding hydrogens is 316 g/mol. The van der Waals surface area contributed by atoms with Gasteiger partial charge in [-0.2, -0.15) is 0 Å². The summed E-state index contributed by atoms with van der Waals surface area (Å²) in [5, 5.41) is 0. The molecule has 142 valence electrons. The molecule has 0 bridgehead atoms. The molecule has 1 aromatic carbocycles.